The highest BCUT2D eigenvalue weighted by Gasteiger charge is 2.33. The number of fused-ring (bicyclic) bond motifs is 2. The van der Waals surface area contributed by atoms with Crippen molar-refractivity contribution in [3.8, 4) is 5.75 Å². The largest absolute Gasteiger partial charge is 0.481 e. The molecule has 6 rings (SSSR count). The Morgan fingerprint density at radius 1 is 1.08 bits per heavy atom. The van der Waals surface area contributed by atoms with E-state index in [0.29, 0.717) is 55.3 Å². The Bertz CT molecular complexity index is 1450. The fourth-order valence-electron chi connectivity index (χ4n) is 5.85. The molecular formula is C27H30N6O5. The molecule has 1 atom stereocenters. The number of aromatic nitrogens is 3. The van der Waals surface area contributed by atoms with Crippen LogP contribution in [0.25, 0.3) is 10.9 Å². The molecule has 11 heteroatoms. The number of rotatable bonds is 5. The summed E-state index contributed by atoms with van der Waals surface area (Å²) in [4.78, 5) is 56.7. The van der Waals surface area contributed by atoms with Crippen LogP contribution in [0.3, 0.4) is 0 Å². The first-order valence-corrected chi connectivity index (χ1v) is 13.1. The predicted octanol–water partition coefficient (Wildman–Crippen LogP) is 1.27. The van der Waals surface area contributed by atoms with Crippen molar-refractivity contribution >= 4 is 34.5 Å². The van der Waals surface area contributed by atoms with Gasteiger partial charge in [-0.1, -0.05) is 12.1 Å². The Labute approximate surface area is 219 Å². The number of carbonyl (C=O) groups excluding carboxylic acids is 4. The molecule has 2 N–H and O–H groups in total. The number of benzene rings is 1. The average Bonchev–Trinajstić information content (AvgIpc) is 3.62. The zero-order chi connectivity index (χ0) is 26.4. The topological polar surface area (TPSA) is 130 Å². The molecule has 2 aliphatic heterocycles. The summed E-state index contributed by atoms with van der Waals surface area (Å²) in [5.41, 5.74) is 4.37. The third-order valence-corrected chi connectivity index (χ3v) is 7.86. The van der Waals surface area contributed by atoms with Crippen LogP contribution in [0.15, 0.2) is 24.4 Å². The number of imide groups is 1. The van der Waals surface area contributed by atoms with Crippen LogP contribution in [0.1, 0.15) is 52.5 Å². The van der Waals surface area contributed by atoms with Crippen LogP contribution in [-0.2, 0) is 34.3 Å². The molecule has 2 fully saturated rings. The number of para-hydroxylation sites is 1. The number of hydrogen-bond acceptors (Lipinski definition) is 6. The van der Waals surface area contributed by atoms with Crippen molar-refractivity contribution in [1.82, 2.24) is 29.9 Å². The summed E-state index contributed by atoms with van der Waals surface area (Å²) in [6.45, 7) is 1.71. The third-order valence-electron chi connectivity index (χ3n) is 7.86. The Hall–Kier alpha value is -4.15. The van der Waals surface area contributed by atoms with Crippen LogP contribution in [0, 0.1) is 0 Å². The van der Waals surface area contributed by atoms with Gasteiger partial charge in [-0.25, -0.2) is 0 Å². The van der Waals surface area contributed by atoms with E-state index in [1.807, 2.05) is 17.2 Å². The van der Waals surface area contributed by atoms with Gasteiger partial charge in [0, 0.05) is 51.2 Å². The maximum absolute atomic E-state index is 13.0. The Kier molecular flexibility index (Phi) is 6.13. The molecule has 4 heterocycles. The summed E-state index contributed by atoms with van der Waals surface area (Å²) in [6, 6.07) is 5.45. The van der Waals surface area contributed by atoms with Gasteiger partial charge in [-0.2, -0.15) is 5.10 Å². The number of aromatic amines is 1. The number of amides is 4. The SMILES string of the molecule is Cn1nc(C2CCC(=O)NC2=O)c2cccc(OCC(=O)N3CCN(C(=O)c4[nH]cc5c4CCC5)CC3)c21. The van der Waals surface area contributed by atoms with E-state index < -0.39 is 5.92 Å². The van der Waals surface area contributed by atoms with E-state index in [9.17, 15) is 19.2 Å². The zero-order valence-electron chi connectivity index (χ0n) is 21.3. The Balaban J connectivity index is 1.09. The Morgan fingerprint density at radius 2 is 1.87 bits per heavy atom. The van der Waals surface area contributed by atoms with Crippen LogP contribution in [0.2, 0.25) is 0 Å². The molecule has 1 aliphatic carbocycles. The molecule has 198 valence electrons. The number of carbonyl (C=O) groups is 4. The van der Waals surface area contributed by atoms with Crippen molar-refractivity contribution in [3.05, 3.63) is 46.9 Å². The van der Waals surface area contributed by atoms with Crippen molar-refractivity contribution in [2.75, 3.05) is 32.8 Å². The van der Waals surface area contributed by atoms with Crippen LogP contribution < -0.4 is 10.1 Å². The predicted molar refractivity (Wildman–Crippen MR) is 137 cm³/mol. The van der Waals surface area contributed by atoms with E-state index in [4.69, 9.17) is 4.74 Å². The number of aryl methyl sites for hydroxylation is 2. The fourth-order valence-corrected chi connectivity index (χ4v) is 5.85. The number of hydrogen-bond donors (Lipinski definition) is 2. The summed E-state index contributed by atoms with van der Waals surface area (Å²) in [5, 5.41) is 7.71. The molecule has 3 aromatic rings. The molecule has 3 aliphatic rings. The van der Waals surface area contributed by atoms with E-state index in [2.05, 4.69) is 15.4 Å². The number of ether oxygens (including phenoxy) is 1. The molecule has 2 saturated heterocycles. The summed E-state index contributed by atoms with van der Waals surface area (Å²) in [7, 11) is 1.77. The smallest absolute Gasteiger partial charge is 0.270 e. The normalized spacial score (nSPS) is 19.6. The van der Waals surface area contributed by atoms with E-state index >= 15 is 0 Å². The van der Waals surface area contributed by atoms with Crippen LogP contribution >= 0.6 is 0 Å². The van der Waals surface area contributed by atoms with Gasteiger partial charge < -0.3 is 19.5 Å². The highest BCUT2D eigenvalue weighted by atomic mass is 16.5. The standard InChI is InChI=1S/C27H30N6O5/c1-31-25-18(23(30-31)19-8-9-21(34)29-26(19)36)6-3-7-20(25)38-15-22(35)32-10-12-33(13-11-32)27(37)24-17-5-2-4-16(17)14-28-24/h3,6-7,14,19,28H,2,4-5,8-13,15H2,1H3,(H,29,34,36). The van der Waals surface area contributed by atoms with E-state index in [-0.39, 0.29) is 36.7 Å². The van der Waals surface area contributed by atoms with Crippen molar-refractivity contribution in [3.63, 3.8) is 0 Å². The van der Waals surface area contributed by atoms with E-state index in [0.717, 1.165) is 30.2 Å². The minimum atomic E-state index is -0.515. The van der Waals surface area contributed by atoms with Gasteiger partial charge in [0.2, 0.25) is 11.8 Å². The molecule has 0 bridgehead atoms. The lowest BCUT2D eigenvalue weighted by Crippen LogP contribution is -2.51. The lowest BCUT2D eigenvalue weighted by atomic mass is 9.93. The van der Waals surface area contributed by atoms with E-state index in [1.165, 1.54) is 5.56 Å². The van der Waals surface area contributed by atoms with Gasteiger partial charge >= 0.3 is 0 Å². The van der Waals surface area contributed by atoms with Crippen molar-refractivity contribution in [2.45, 2.75) is 38.0 Å². The number of piperidine rings is 1. The van der Waals surface area contributed by atoms with Crippen molar-refractivity contribution < 1.29 is 23.9 Å². The minimum absolute atomic E-state index is 0.00574. The van der Waals surface area contributed by atoms with Gasteiger partial charge in [0.05, 0.1) is 11.6 Å². The second-order valence-corrected chi connectivity index (χ2v) is 10.1. The van der Waals surface area contributed by atoms with Crippen molar-refractivity contribution in [2.24, 2.45) is 7.05 Å². The first-order chi connectivity index (χ1) is 18.4. The number of nitrogens with one attached hydrogen (secondary N) is 2. The van der Waals surface area contributed by atoms with Gasteiger partial charge in [-0.05, 0) is 42.9 Å². The summed E-state index contributed by atoms with van der Waals surface area (Å²) >= 11 is 0. The molecule has 11 nitrogen and oxygen atoms in total. The molecule has 0 spiro atoms. The summed E-state index contributed by atoms with van der Waals surface area (Å²) in [5.74, 6) is -0.778. The fraction of sp³-hybridized carbons (Fsp3) is 0.444. The maximum atomic E-state index is 13.0. The highest BCUT2D eigenvalue weighted by molar-refractivity contribution is 6.03. The van der Waals surface area contributed by atoms with Gasteiger partial charge in [-0.15, -0.1) is 0 Å². The third kappa shape index (κ3) is 4.21. The zero-order valence-corrected chi connectivity index (χ0v) is 21.3. The minimum Gasteiger partial charge on any atom is -0.481 e. The lowest BCUT2D eigenvalue weighted by molar-refractivity contribution is -0.135. The highest BCUT2D eigenvalue weighted by Crippen LogP contribution is 2.34. The molecule has 38 heavy (non-hydrogen) atoms. The summed E-state index contributed by atoms with van der Waals surface area (Å²) in [6.07, 6.45) is 5.67. The second-order valence-electron chi connectivity index (χ2n) is 10.1. The van der Waals surface area contributed by atoms with Gasteiger partial charge in [-0.3, -0.25) is 29.2 Å². The molecule has 1 unspecified atom stereocenters. The average molecular weight is 519 g/mol. The van der Waals surface area contributed by atoms with Crippen LogP contribution in [-0.4, -0.2) is 81.0 Å². The first-order valence-electron chi connectivity index (χ1n) is 13.1. The van der Waals surface area contributed by atoms with Gasteiger partial charge in [0.25, 0.3) is 11.8 Å². The molecule has 2 aromatic heterocycles. The van der Waals surface area contributed by atoms with Crippen LogP contribution in [0.4, 0.5) is 0 Å². The van der Waals surface area contributed by atoms with Gasteiger partial charge in [0.15, 0.2) is 6.61 Å². The molecule has 0 radical (unpaired) electrons. The Morgan fingerprint density at radius 3 is 2.66 bits per heavy atom. The molecule has 0 saturated carbocycles. The molecule has 4 amide bonds. The number of piperazine rings is 1. The molecule has 1 aromatic carbocycles. The number of H-pyrrole nitrogens is 1. The quantitative estimate of drug-likeness (QED) is 0.490. The lowest BCUT2D eigenvalue weighted by Gasteiger charge is -2.34. The second kappa shape index (κ2) is 9.62. The monoisotopic (exact) mass is 518 g/mol. The maximum Gasteiger partial charge on any atom is 0.270 e. The van der Waals surface area contributed by atoms with Crippen molar-refractivity contribution in [1.29, 1.82) is 0 Å². The summed E-state index contributed by atoms with van der Waals surface area (Å²) < 4.78 is 7.60. The van der Waals surface area contributed by atoms with Crippen LogP contribution in [0.5, 0.6) is 5.75 Å². The number of nitrogens with zero attached hydrogens (tertiary/aromatic N) is 4. The van der Waals surface area contributed by atoms with E-state index in [1.54, 1.807) is 28.8 Å². The van der Waals surface area contributed by atoms with Gasteiger partial charge in [0.1, 0.15) is 17.0 Å². The first kappa shape index (κ1) is 24.2. The molecular weight excluding hydrogens is 488 g/mol.